The van der Waals surface area contributed by atoms with Crippen LogP contribution in [0.5, 0.6) is 0 Å². The van der Waals surface area contributed by atoms with E-state index in [4.69, 9.17) is 0 Å². The molecule has 0 fully saturated rings. The number of carbonyl (C=O) groups is 2. The predicted octanol–water partition coefficient (Wildman–Crippen LogP) is -0.719. The first-order chi connectivity index (χ1) is 5.25. The third-order valence-corrected chi connectivity index (χ3v) is 1.22. The van der Waals surface area contributed by atoms with Crippen molar-refractivity contribution in [3.05, 3.63) is 0 Å². The van der Waals surface area contributed by atoms with Crippen molar-refractivity contribution >= 4 is 18.1 Å². The Hall–Kier alpha value is -1.39. The molecule has 1 aliphatic rings. The van der Waals surface area contributed by atoms with Crippen molar-refractivity contribution < 1.29 is 14.3 Å². The Morgan fingerprint density at radius 3 is 3.09 bits per heavy atom. The molecular weight excluding hydrogens is 148 g/mol. The minimum absolute atomic E-state index is 0.274. The lowest BCUT2D eigenvalue weighted by molar-refractivity contribution is -0.148. The van der Waals surface area contributed by atoms with Crippen molar-refractivity contribution in [1.29, 1.82) is 0 Å². The lowest BCUT2D eigenvalue weighted by Gasteiger charge is -2.02. The third-order valence-electron chi connectivity index (χ3n) is 1.22. The Labute approximate surface area is 63.4 Å². The second-order valence-corrected chi connectivity index (χ2v) is 1.98. The van der Waals surface area contributed by atoms with Gasteiger partial charge in [0.15, 0.2) is 5.92 Å². The van der Waals surface area contributed by atoms with E-state index in [1.807, 2.05) is 0 Å². The number of ether oxygens (including phenoxy) is 1. The van der Waals surface area contributed by atoms with Crippen LogP contribution in [0, 0.1) is 5.92 Å². The van der Waals surface area contributed by atoms with Gasteiger partial charge in [0.05, 0.1) is 6.61 Å². The Kier molecular flexibility index (Phi) is 2.20. The number of hydrogen-bond donors (Lipinski definition) is 1. The van der Waals surface area contributed by atoms with Gasteiger partial charge in [0.25, 0.3) is 5.91 Å². The van der Waals surface area contributed by atoms with Gasteiger partial charge in [-0.05, 0) is 6.92 Å². The van der Waals surface area contributed by atoms with Crippen LogP contribution in [0.2, 0.25) is 0 Å². The third kappa shape index (κ3) is 1.54. The highest BCUT2D eigenvalue weighted by Crippen LogP contribution is 2.01. The fourth-order valence-electron chi connectivity index (χ4n) is 0.713. The second kappa shape index (κ2) is 3.14. The topological polar surface area (TPSA) is 67.8 Å². The molecule has 1 heterocycles. The summed E-state index contributed by atoms with van der Waals surface area (Å²) in [6, 6.07) is 0. The highest BCUT2D eigenvalue weighted by molar-refractivity contribution is 6.13. The van der Waals surface area contributed by atoms with E-state index in [-0.39, 0.29) is 6.61 Å². The number of hydrogen-bond acceptors (Lipinski definition) is 4. The summed E-state index contributed by atoms with van der Waals surface area (Å²) < 4.78 is 4.61. The average molecular weight is 156 g/mol. The molecule has 0 spiro atoms. The van der Waals surface area contributed by atoms with Crippen molar-refractivity contribution in [3.8, 4) is 0 Å². The maximum Gasteiger partial charge on any atom is 0.324 e. The van der Waals surface area contributed by atoms with Gasteiger partial charge < -0.3 is 4.74 Å². The fraction of sp³-hybridized carbons (Fsp3) is 0.500. The summed E-state index contributed by atoms with van der Waals surface area (Å²) in [5, 5.41) is 3.42. The minimum Gasteiger partial charge on any atom is -0.465 e. The molecule has 0 radical (unpaired) electrons. The van der Waals surface area contributed by atoms with Crippen LogP contribution >= 0.6 is 0 Å². The Bertz CT molecular complexity index is 212. The maximum atomic E-state index is 10.9. The van der Waals surface area contributed by atoms with Gasteiger partial charge in [-0.25, -0.2) is 5.43 Å². The quantitative estimate of drug-likeness (QED) is 0.424. The first kappa shape index (κ1) is 7.71. The molecule has 60 valence electrons. The molecule has 5 heteroatoms. The molecule has 0 aliphatic carbocycles. The summed E-state index contributed by atoms with van der Waals surface area (Å²) in [5.41, 5.74) is 2.14. The summed E-state index contributed by atoms with van der Waals surface area (Å²) in [6.07, 6.45) is 1.24. The van der Waals surface area contributed by atoms with Crippen LogP contribution in [-0.2, 0) is 14.3 Å². The van der Waals surface area contributed by atoms with Gasteiger partial charge in [0.2, 0.25) is 0 Å². The number of amides is 1. The summed E-state index contributed by atoms with van der Waals surface area (Å²) >= 11 is 0. The van der Waals surface area contributed by atoms with Gasteiger partial charge in [0.1, 0.15) is 0 Å². The van der Waals surface area contributed by atoms with Gasteiger partial charge in [0, 0.05) is 6.21 Å². The summed E-state index contributed by atoms with van der Waals surface area (Å²) in [6.45, 7) is 1.96. The molecule has 5 nitrogen and oxygen atoms in total. The maximum absolute atomic E-state index is 10.9. The number of nitrogens with one attached hydrogen (secondary N) is 1. The summed E-state index contributed by atoms with van der Waals surface area (Å²) in [5.74, 6) is -1.83. The molecule has 0 saturated heterocycles. The standard InChI is InChI=1S/C6H8N2O3/c1-2-11-6(10)4-3-7-8-5(4)9/h3-4H,2H2,1H3,(H,8,9)/t4-/m0/s1. The Morgan fingerprint density at radius 1 is 1.91 bits per heavy atom. The van der Waals surface area contributed by atoms with E-state index in [0.717, 1.165) is 0 Å². The number of hydrazone groups is 1. The average Bonchev–Trinajstić information content (AvgIpc) is 2.36. The molecule has 1 atom stereocenters. The normalized spacial score (nSPS) is 21.5. The van der Waals surface area contributed by atoms with Crippen LogP contribution < -0.4 is 5.43 Å². The zero-order valence-electron chi connectivity index (χ0n) is 6.03. The van der Waals surface area contributed by atoms with Gasteiger partial charge in [-0.3, -0.25) is 9.59 Å². The Balaban J connectivity index is 2.53. The smallest absolute Gasteiger partial charge is 0.324 e. The molecule has 11 heavy (non-hydrogen) atoms. The van der Waals surface area contributed by atoms with E-state index in [0.29, 0.717) is 0 Å². The molecule has 1 aliphatic heterocycles. The zero-order valence-corrected chi connectivity index (χ0v) is 6.03. The molecule has 0 bridgehead atoms. The van der Waals surface area contributed by atoms with Crippen LogP contribution in [0.1, 0.15) is 6.92 Å². The SMILES string of the molecule is CCOC(=O)[C@H]1C=NNC1=O. The lowest BCUT2D eigenvalue weighted by Crippen LogP contribution is -2.28. The summed E-state index contributed by atoms with van der Waals surface area (Å²) in [4.78, 5) is 21.6. The molecular formula is C6H8N2O3. The molecule has 0 aromatic rings. The van der Waals surface area contributed by atoms with Gasteiger partial charge in [-0.2, -0.15) is 5.10 Å². The van der Waals surface area contributed by atoms with Crippen LogP contribution in [-0.4, -0.2) is 24.7 Å². The van der Waals surface area contributed by atoms with E-state index in [1.54, 1.807) is 6.92 Å². The molecule has 0 unspecified atom stereocenters. The highest BCUT2D eigenvalue weighted by Gasteiger charge is 2.29. The van der Waals surface area contributed by atoms with Gasteiger partial charge in [-0.1, -0.05) is 0 Å². The van der Waals surface area contributed by atoms with Crippen molar-refractivity contribution in [3.63, 3.8) is 0 Å². The largest absolute Gasteiger partial charge is 0.465 e. The monoisotopic (exact) mass is 156 g/mol. The predicted molar refractivity (Wildman–Crippen MR) is 36.8 cm³/mol. The number of carbonyl (C=O) groups excluding carboxylic acids is 2. The van der Waals surface area contributed by atoms with E-state index >= 15 is 0 Å². The fourth-order valence-corrected chi connectivity index (χ4v) is 0.713. The van der Waals surface area contributed by atoms with Crippen molar-refractivity contribution in [2.24, 2.45) is 11.0 Å². The van der Waals surface area contributed by atoms with Gasteiger partial charge >= 0.3 is 5.97 Å². The minimum atomic E-state index is -0.852. The highest BCUT2D eigenvalue weighted by atomic mass is 16.5. The van der Waals surface area contributed by atoms with E-state index in [9.17, 15) is 9.59 Å². The molecule has 0 aromatic heterocycles. The van der Waals surface area contributed by atoms with E-state index < -0.39 is 17.8 Å². The molecule has 0 saturated carbocycles. The van der Waals surface area contributed by atoms with Crippen LogP contribution in [0.15, 0.2) is 5.10 Å². The van der Waals surface area contributed by atoms with Crippen LogP contribution in [0.25, 0.3) is 0 Å². The van der Waals surface area contributed by atoms with E-state index in [1.165, 1.54) is 6.21 Å². The van der Waals surface area contributed by atoms with Crippen molar-refractivity contribution in [2.45, 2.75) is 6.92 Å². The van der Waals surface area contributed by atoms with E-state index in [2.05, 4.69) is 15.3 Å². The number of rotatable bonds is 2. The Morgan fingerprint density at radius 2 is 2.64 bits per heavy atom. The molecule has 1 amide bonds. The molecule has 0 aromatic carbocycles. The number of nitrogens with zero attached hydrogens (tertiary/aromatic N) is 1. The van der Waals surface area contributed by atoms with Gasteiger partial charge in [-0.15, -0.1) is 0 Å². The lowest BCUT2D eigenvalue weighted by atomic mass is 10.2. The molecule has 1 rings (SSSR count). The number of esters is 1. The molecule has 1 N–H and O–H groups in total. The van der Waals surface area contributed by atoms with Crippen LogP contribution in [0.4, 0.5) is 0 Å². The summed E-state index contributed by atoms with van der Waals surface area (Å²) in [7, 11) is 0. The first-order valence-corrected chi connectivity index (χ1v) is 3.25. The van der Waals surface area contributed by atoms with Crippen LogP contribution in [0.3, 0.4) is 0 Å². The van der Waals surface area contributed by atoms with Crippen molar-refractivity contribution in [1.82, 2.24) is 5.43 Å². The zero-order chi connectivity index (χ0) is 8.27. The second-order valence-electron chi connectivity index (χ2n) is 1.98. The van der Waals surface area contributed by atoms with Crippen molar-refractivity contribution in [2.75, 3.05) is 6.61 Å². The first-order valence-electron chi connectivity index (χ1n) is 3.25.